The second-order valence-electron chi connectivity index (χ2n) is 5.83. The van der Waals surface area contributed by atoms with Gasteiger partial charge in [0.15, 0.2) is 0 Å². The Balaban J connectivity index is 1.71. The molecule has 0 aliphatic carbocycles. The minimum absolute atomic E-state index is 0.232. The number of rotatable bonds is 2. The Morgan fingerprint density at radius 2 is 2.05 bits per heavy atom. The first kappa shape index (κ1) is 13.6. The standard InChI is InChI=1S/C16H22N2O2/c1-12-6-3-4-7-14(12)16(19)20-18-11-9-13(2)17-10-5-8-15(17)18/h3-4,6-7,13,15H,5,8-11H2,1-2H3. The molecule has 2 fully saturated rings. The Morgan fingerprint density at radius 1 is 1.25 bits per heavy atom. The molecule has 4 nitrogen and oxygen atoms in total. The third kappa shape index (κ3) is 2.45. The fourth-order valence-electron chi connectivity index (χ4n) is 3.29. The van der Waals surface area contributed by atoms with E-state index in [0.29, 0.717) is 11.6 Å². The SMILES string of the molecule is Cc1ccccc1C(=O)ON1CCC(C)N2CCCC12. The molecule has 2 saturated heterocycles. The van der Waals surface area contributed by atoms with E-state index in [1.165, 1.54) is 6.42 Å². The highest BCUT2D eigenvalue weighted by Crippen LogP contribution is 2.29. The van der Waals surface area contributed by atoms with Crippen molar-refractivity contribution in [3.8, 4) is 0 Å². The van der Waals surface area contributed by atoms with E-state index in [4.69, 9.17) is 4.84 Å². The van der Waals surface area contributed by atoms with Gasteiger partial charge < -0.3 is 4.84 Å². The molecule has 0 N–H and O–H groups in total. The summed E-state index contributed by atoms with van der Waals surface area (Å²) in [4.78, 5) is 20.4. The molecule has 108 valence electrons. The molecular weight excluding hydrogens is 252 g/mol. The highest BCUT2D eigenvalue weighted by atomic mass is 16.7. The van der Waals surface area contributed by atoms with Crippen LogP contribution >= 0.6 is 0 Å². The Bertz CT molecular complexity index is 503. The lowest BCUT2D eigenvalue weighted by Crippen LogP contribution is -2.54. The molecule has 4 heteroatoms. The molecule has 0 bridgehead atoms. The van der Waals surface area contributed by atoms with Gasteiger partial charge in [-0.15, -0.1) is 5.06 Å². The highest BCUT2D eigenvalue weighted by molar-refractivity contribution is 5.90. The molecular formula is C16H22N2O2. The number of nitrogens with zero attached hydrogens (tertiary/aromatic N) is 2. The van der Waals surface area contributed by atoms with Gasteiger partial charge in [0.1, 0.15) is 0 Å². The summed E-state index contributed by atoms with van der Waals surface area (Å²) in [6, 6.07) is 8.18. The van der Waals surface area contributed by atoms with E-state index in [-0.39, 0.29) is 12.1 Å². The Hall–Kier alpha value is -1.39. The molecule has 2 aliphatic heterocycles. The smallest absolute Gasteiger partial charge is 0.357 e. The van der Waals surface area contributed by atoms with Crippen LogP contribution in [0.3, 0.4) is 0 Å². The van der Waals surface area contributed by atoms with E-state index in [9.17, 15) is 4.79 Å². The zero-order valence-electron chi connectivity index (χ0n) is 12.2. The van der Waals surface area contributed by atoms with Gasteiger partial charge in [0, 0.05) is 19.1 Å². The number of benzene rings is 1. The minimum atomic E-state index is -0.232. The lowest BCUT2D eigenvalue weighted by atomic mass is 10.1. The topological polar surface area (TPSA) is 32.8 Å². The number of hydrogen-bond donors (Lipinski definition) is 0. The van der Waals surface area contributed by atoms with Crippen molar-refractivity contribution in [1.29, 1.82) is 0 Å². The third-order valence-electron chi connectivity index (χ3n) is 4.49. The first-order valence-corrected chi connectivity index (χ1v) is 7.47. The Morgan fingerprint density at radius 3 is 2.85 bits per heavy atom. The summed E-state index contributed by atoms with van der Waals surface area (Å²) < 4.78 is 0. The largest absolute Gasteiger partial charge is 0.362 e. The summed E-state index contributed by atoms with van der Waals surface area (Å²) >= 11 is 0. The second kappa shape index (κ2) is 5.54. The predicted octanol–water partition coefficient (Wildman–Crippen LogP) is 2.58. The molecule has 20 heavy (non-hydrogen) atoms. The van der Waals surface area contributed by atoms with Gasteiger partial charge in [-0.1, -0.05) is 18.2 Å². The van der Waals surface area contributed by atoms with E-state index in [2.05, 4.69) is 11.8 Å². The van der Waals surface area contributed by atoms with Crippen LogP contribution in [-0.4, -0.2) is 41.2 Å². The van der Waals surface area contributed by atoms with Crippen LogP contribution in [0, 0.1) is 6.92 Å². The molecule has 3 rings (SSSR count). The van der Waals surface area contributed by atoms with Crippen molar-refractivity contribution in [1.82, 2.24) is 9.96 Å². The maximum absolute atomic E-state index is 12.3. The molecule has 2 unspecified atom stereocenters. The summed E-state index contributed by atoms with van der Waals surface area (Å²) in [6.07, 6.45) is 3.60. The fraction of sp³-hybridized carbons (Fsp3) is 0.562. The van der Waals surface area contributed by atoms with Crippen molar-refractivity contribution in [2.75, 3.05) is 13.1 Å². The molecule has 0 aromatic heterocycles. The van der Waals surface area contributed by atoms with Crippen LogP contribution in [0.4, 0.5) is 0 Å². The van der Waals surface area contributed by atoms with Gasteiger partial charge in [0.25, 0.3) is 0 Å². The van der Waals surface area contributed by atoms with Gasteiger partial charge in [0.2, 0.25) is 0 Å². The van der Waals surface area contributed by atoms with Crippen LogP contribution in [0.1, 0.15) is 42.1 Å². The lowest BCUT2D eigenvalue weighted by molar-refractivity contribution is -0.193. The molecule has 0 amide bonds. The first-order chi connectivity index (χ1) is 9.66. The Labute approximate surface area is 120 Å². The van der Waals surface area contributed by atoms with Crippen molar-refractivity contribution in [3.63, 3.8) is 0 Å². The van der Waals surface area contributed by atoms with Crippen molar-refractivity contribution in [3.05, 3.63) is 35.4 Å². The summed E-state index contributed by atoms with van der Waals surface area (Å²) in [6.45, 7) is 6.15. The van der Waals surface area contributed by atoms with Crippen molar-refractivity contribution < 1.29 is 9.63 Å². The molecule has 0 radical (unpaired) electrons. The van der Waals surface area contributed by atoms with E-state index >= 15 is 0 Å². The van der Waals surface area contributed by atoms with Crippen LogP contribution in [0.15, 0.2) is 24.3 Å². The van der Waals surface area contributed by atoms with Crippen LogP contribution in [0.5, 0.6) is 0 Å². The van der Waals surface area contributed by atoms with Crippen molar-refractivity contribution >= 4 is 5.97 Å². The van der Waals surface area contributed by atoms with E-state index in [1.807, 2.05) is 36.3 Å². The summed E-state index contributed by atoms with van der Waals surface area (Å²) in [7, 11) is 0. The zero-order valence-corrected chi connectivity index (χ0v) is 12.2. The lowest BCUT2D eigenvalue weighted by Gasteiger charge is -2.42. The van der Waals surface area contributed by atoms with E-state index in [0.717, 1.165) is 31.5 Å². The maximum atomic E-state index is 12.3. The molecule has 0 saturated carbocycles. The number of aryl methyl sites for hydroxylation is 1. The number of hydrogen-bond acceptors (Lipinski definition) is 4. The average Bonchev–Trinajstić information content (AvgIpc) is 2.93. The monoisotopic (exact) mass is 274 g/mol. The number of carbonyl (C=O) groups excluding carboxylic acids is 1. The maximum Gasteiger partial charge on any atom is 0.357 e. The predicted molar refractivity (Wildman–Crippen MR) is 77.1 cm³/mol. The molecule has 1 aromatic rings. The number of hydroxylamine groups is 2. The molecule has 2 aliphatic rings. The zero-order chi connectivity index (χ0) is 14.1. The van der Waals surface area contributed by atoms with Gasteiger partial charge in [-0.3, -0.25) is 4.90 Å². The van der Waals surface area contributed by atoms with Gasteiger partial charge >= 0.3 is 5.97 Å². The normalized spacial score (nSPS) is 27.3. The van der Waals surface area contributed by atoms with E-state index < -0.39 is 0 Å². The first-order valence-electron chi connectivity index (χ1n) is 7.47. The third-order valence-corrected chi connectivity index (χ3v) is 4.49. The van der Waals surface area contributed by atoms with Crippen molar-refractivity contribution in [2.24, 2.45) is 0 Å². The van der Waals surface area contributed by atoms with Crippen molar-refractivity contribution in [2.45, 2.75) is 45.3 Å². The molecule has 0 spiro atoms. The van der Waals surface area contributed by atoms with E-state index in [1.54, 1.807) is 0 Å². The summed E-state index contributed by atoms with van der Waals surface area (Å²) in [5.74, 6) is -0.232. The number of fused-ring (bicyclic) bond motifs is 1. The quantitative estimate of drug-likeness (QED) is 0.830. The average molecular weight is 274 g/mol. The second-order valence-corrected chi connectivity index (χ2v) is 5.83. The van der Waals surface area contributed by atoms with Gasteiger partial charge in [0.05, 0.1) is 11.7 Å². The van der Waals surface area contributed by atoms with Gasteiger partial charge in [-0.05, 0) is 44.7 Å². The molecule has 2 atom stereocenters. The number of carbonyl (C=O) groups is 1. The molecule has 2 heterocycles. The van der Waals surface area contributed by atoms with Crippen LogP contribution in [0.2, 0.25) is 0 Å². The highest BCUT2D eigenvalue weighted by Gasteiger charge is 2.39. The van der Waals surface area contributed by atoms with Crippen LogP contribution in [-0.2, 0) is 4.84 Å². The summed E-state index contributed by atoms with van der Waals surface area (Å²) in [5.41, 5.74) is 1.63. The van der Waals surface area contributed by atoms with Crippen LogP contribution < -0.4 is 0 Å². The fourth-order valence-corrected chi connectivity index (χ4v) is 3.29. The van der Waals surface area contributed by atoms with Gasteiger partial charge in [-0.25, -0.2) is 4.79 Å². The molecule has 1 aromatic carbocycles. The van der Waals surface area contributed by atoms with Gasteiger partial charge in [-0.2, -0.15) is 0 Å². The van der Waals surface area contributed by atoms with Crippen LogP contribution in [0.25, 0.3) is 0 Å². The minimum Gasteiger partial charge on any atom is -0.362 e. The Kier molecular flexibility index (Phi) is 3.76. The summed E-state index contributed by atoms with van der Waals surface area (Å²) in [5, 5.41) is 1.89.